The van der Waals surface area contributed by atoms with Gasteiger partial charge in [-0.1, -0.05) is 19.9 Å². The maximum Gasteiger partial charge on any atom is 0.224 e. The molecule has 1 amide bonds. The molecule has 0 radical (unpaired) electrons. The molecule has 1 atom stereocenters. The van der Waals surface area contributed by atoms with Crippen LogP contribution in [0.2, 0.25) is 0 Å². The van der Waals surface area contributed by atoms with E-state index in [2.05, 4.69) is 19.2 Å². The van der Waals surface area contributed by atoms with Crippen LogP contribution in [-0.2, 0) is 4.79 Å². The first-order chi connectivity index (χ1) is 9.45. The molecule has 112 valence electrons. The average Bonchev–Trinajstić information content (AvgIpc) is 2.38. The molecule has 0 aromatic heterocycles. The molecule has 5 heteroatoms. The van der Waals surface area contributed by atoms with Gasteiger partial charge in [-0.15, -0.1) is 0 Å². The van der Waals surface area contributed by atoms with Crippen molar-refractivity contribution in [3.63, 3.8) is 0 Å². The second kappa shape index (κ2) is 7.94. The number of nitrogens with one attached hydrogen (secondary N) is 1. The molecule has 0 aliphatic heterocycles. The Labute approximate surface area is 118 Å². The Hall–Kier alpha value is -1.49. The Bertz CT molecular complexity index is 429. The molecule has 0 aliphatic carbocycles. The van der Waals surface area contributed by atoms with Crippen molar-refractivity contribution >= 4 is 11.6 Å². The van der Waals surface area contributed by atoms with Crippen LogP contribution in [0.3, 0.4) is 0 Å². The number of nitrogens with two attached hydrogens (primary N) is 1. The van der Waals surface area contributed by atoms with E-state index in [0.717, 1.165) is 18.6 Å². The lowest BCUT2D eigenvalue weighted by atomic mass is 9.88. The minimum Gasteiger partial charge on any atom is -0.330 e. The molecule has 3 N–H and O–H groups in total. The van der Waals surface area contributed by atoms with Crippen molar-refractivity contribution in [3.8, 4) is 0 Å². The molecule has 1 unspecified atom stereocenters. The summed E-state index contributed by atoms with van der Waals surface area (Å²) in [5, 5.41) is 2.29. The van der Waals surface area contributed by atoms with Crippen molar-refractivity contribution in [1.82, 2.24) is 0 Å². The molecule has 0 spiro atoms. The number of carbonyl (C=O) groups is 1. The number of hydrogen-bond donors (Lipinski definition) is 2. The first kappa shape index (κ1) is 16.6. The smallest absolute Gasteiger partial charge is 0.224 e. The number of amides is 1. The Morgan fingerprint density at radius 2 is 1.85 bits per heavy atom. The van der Waals surface area contributed by atoms with Crippen LogP contribution in [0.25, 0.3) is 0 Å². The second-order valence-corrected chi connectivity index (χ2v) is 5.26. The Morgan fingerprint density at radius 3 is 2.35 bits per heavy atom. The molecular formula is C15H22F2N2O. The molecule has 0 bridgehead atoms. The fourth-order valence-electron chi connectivity index (χ4n) is 2.16. The van der Waals surface area contributed by atoms with E-state index in [4.69, 9.17) is 5.73 Å². The molecule has 0 saturated carbocycles. The molecule has 20 heavy (non-hydrogen) atoms. The lowest BCUT2D eigenvalue weighted by molar-refractivity contribution is -0.116. The van der Waals surface area contributed by atoms with Gasteiger partial charge in [-0.2, -0.15) is 0 Å². The van der Waals surface area contributed by atoms with Crippen LogP contribution in [0.5, 0.6) is 0 Å². The van der Waals surface area contributed by atoms with Gasteiger partial charge in [0.05, 0.1) is 0 Å². The minimum absolute atomic E-state index is 0.233. The van der Waals surface area contributed by atoms with Gasteiger partial charge in [0.1, 0.15) is 17.3 Å². The van der Waals surface area contributed by atoms with Gasteiger partial charge in [-0.3, -0.25) is 4.79 Å². The quantitative estimate of drug-likeness (QED) is 0.807. The van der Waals surface area contributed by atoms with Crippen molar-refractivity contribution in [1.29, 1.82) is 0 Å². The third-order valence-corrected chi connectivity index (χ3v) is 3.45. The van der Waals surface area contributed by atoms with Gasteiger partial charge < -0.3 is 11.1 Å². The van der Waals surface area contributed by atoms with Crippen molar-refractivity contribution in [3.05, 3.63) is 29.8 Å². The standard InChI is InChI=1S/C15H22F2N2O/c1-10(2)11(8-9-18)6-7-14(20)19-15-12(16)4-3-5-13(15)17/h3-5,10-11H,6-9,18H2,1-2H3,(H,19,20). The van der Waals surface area contributed by atoms with E-state index in [9.17, 15) is 13.6 Å². The van der Waals surface area contributed by atoms with Crippen molar-refractivity contribution in [2.75, 3.05) is 11.9 Å². The molecule has 0 saturated heterocycles. The second-order valence-electron chi connectivity index (χ2n) is 5.26. The van der Waals surface area contributed by atoms with E-state index in [1.165, 1.54) is 6.07 Å². The Kier molecular flexibility index (Phi) is 6.58. The lowest BCUT2D eigenvalue weighted by Gasteiger charge is -2.19. The number of halogens is 2. The lowest BCUT2D eigenvalue weighted by Crippen LogP contribution is -2.19. The highest BCUT2D eigenvalue weighted by molar-refractivity contribution is 5.90. The number of para-hydroxylation sites is 1. The van der Waals surface area contributed by atoms with Gasteiger partial charge in [-0.25, -0.2) is 8.78 Å². The SMILES string of the molecule is CC(C)C(CCN)CCC(=O)Nc1c(F)cccc1F. The van der Waals surface area contributed by atoms with Crippen LogP contribution in [0, 0.1) is 23.5 Å². The van der Waals surface area contributed by atoms with Crippen molar-refractivity contribution in [2.45, 2.75) is 33.1 Å². The highest BCUT2D eigenvalue weighted by Gasteiger charge is 2.16. The number of rotatable bonds is 7. The van der Waals surface area contributed by atoms with Crippen molar-refractivity contribution in [2.24, 2.45) is 17.6 Å². The summed E-state index contributed by atoms with van der Waals surface area (Å²) >= 11 is 0. The first-order valence-corrected chi connectivity index (χ1v) is 6.89. The fraction of sp³-hybridized carbons (Fsp3) is 0.533. The molecular weight excluding hydrogens is 262 g/mol. The van der Waals surface area contributed by atoms with Crippen molar-refractivity contribution < 1.29 is 13.6 Å². The van der Waals surface area contributed by atoms with E-state index < -0.39 is 11.6 Å². The zero-order valence-corrected chi connectivity index (χ0v) is 12.0. The van der Waals surface area contributed by atoms with E-state index in [0.29, 0.717) is 24.8 Å². The molecule has 1 rings (SSSR count). The van der Waals surface area contributed by atoms with Crippen LogP contribution < -0.4 is 11.1 Å². The summed E-state index contributed by atoms with van der Waals surface area (Å²) in [6, 6.07) is 3.49. The Morgan fingerprint density at radius 1 is 1.25 bits per heavy atom. The molecule has 1 aromatic carbocycles. The third kappa shape index (κ3) is 4.89. The zero-order chi connectivity index (χ0) is 15.1. The maximum atomic E-state index is 13.4. The van der Waals surface area contributed by atoms with Gasteiger partial charge in [0.2, 0.25) is 5.91 Å². The summed E-state index contributed by atoms with van der Waals surface area (Å²) in [4.78, 5) is 11.8. The predicted molar refractivity (Wildman–Crippen MR) is 76.2 cm³/mol. The van der Waals surface area contributed by atoms with Gasteiger partial charge in [0.25, 0.3) is 0 Å². The predicted octanol–water partition coefficient (Wildman–Crippen LogP) is 3.30. The zero-order valence-electron chi connectivity index (χ0n) is 12.0. The van der Waals surface area contributed by atoms with Gasteiger partial charge >= 0.3 is 0 Å². The highest BCUT2D eigenvalue weighted by Crippen LogP contribution is 2.22. The number of benzene rings is 1. The van der Waals surface area contributed by atoms with Crippen LogP contribution in [-0.4, -0.2) is 12.5 Å². The van der Waals surface area contributed by atoms with Crippen LogP contribution in [0.15, 0.2) is 18.2 Å². The summed E-state index contributed by atoms with van der Waals surface area (Å²) in [6.07, 6.45) is 1.74. The number of hydrogen-bond acceptors (Lipinski definition) is 2. The summed E-state index contributed by atoms with van der Waals surface area (Å²) in [6.45, 7) is 4.73. The monoisotopic (exact) mass is 284 g/mol. The molecule has 1 aromatic rings. The molecule has 0 fully saturated rings. The summed E-state index contributed by atoms with van der Waals surface area (Å²) in [5.74, 6) is -1.13. The van der Waals surface area contributed by atoms with Gasteiger partial charge in [0.15, 0.2) is 0 Å². The highest BCUT2D eigenvalue weighted by atomic mass is 19.1. The average molecular weight is 284 g/mol. The summed E-state index contributed by atoms with van der Waals surface area (Å²) in [5.41, 5.74) is 5.16. The largest absolute Gasteiger partial charge is 0.330 e. The maximum absolute atomic E-state index is 13.4. The molecule has 3 nitrogen and oxygen atoms in total. The van der Waals surface area contributed by atoms with E-state index in [-0.39, 0.29) is 18.0 Å². The summed E-state index contributed by atoms with van der Waals surface area (Å²) in [7, 11) is 0. The third-order valence-electron chi connectivity index (χ3n) is 3.45. The fourth-order valence-corrected chi connectivity index (χ4v) is 2.16. The van der Waals surface area contributed by atoms with E-state index in [1.807, 2.05) is 0 Å². The van der Waals surface area contributed by atoms with Crippen LogP contribution in [0.4, 0.5) is 14.5 Å². The van der Waals surface area contributed by atoms with E-state index in [1.54, 1.807) is 0 Å². The normalized spacial score (nSPS) is 12.5. The minimum atomic E-state index is -0.763. The Balaban J connectivity index is 2.55. The van der Waals surface area contributed by atoms with Gasteiger partial charge in [0, 0.05) is 6.42 Å². The number of anilines is 1. The molecule has 0 aliphatic rings. The van der Waals surface area contributed by atoms with Crippen LogP contribution in [0.1, 0.15) is 33.1 Å². The van der Waals surface area contributed by atoms with Gasteiger partial charge in [-0.05, 0) is 43.4 Å². The number of carbonyl (C=O) groups excluding carboxylic acids is 1. The first-order valence-electron chi connectivity index (χ1n) is 6.89. The summed E-state index contributed by atoms with van der Waals surface area (Å²) < 4.78 is 26.8. The molecule has 0 heterocycles. The van der Waals surface area contributed by atoms with Crippen LogP contribution >= 0.6 is 0 Å². The topological polar surface area (TPSA) is 55.1 Å². The van der Waals surface area contributed by atoms with E-state index >= 15 is 0 Å².